The molecule has 1 aliphatic heterocycles. The Kier molecular flexibility index (Phi) is 4.94. The van der Waals surface area contributed by atoms with Crippen LogP contribution in [0.3, 0.4) is 0 Å². The lowest BCUT2D eigenvalue weighted by Crippen LogP contribution is -2.31. The highest BCUT2D eigenvalue weighted by Gasteiger charge is 2.20. The summed E-state index contributed by atoms with van der Waals surface area (Å²) in [7, 11) is 4.11. The van der Waals surface area contributed by atoms with Crippen LogP contribution in [0.5, 0.6) is 0 Å². The summed E-state index contributed by atoms with van der Waals surface area (Å²) in [5, 5.41) is 8.47. The first-order valence-corrected chi connectivity index (χ1v) is 9.62. The van der Waals surface area contributed by atoms with E-state index in [9.17, 15) is 4.79 Å². The van der Waals surface area contributed by atoms with E-state index >= 15 is 0 Å². The number of hydrogen-bond donors (Lipinski definition) is 1. The fraction of sp³-hybridized carbons (Fsp3) is 0.364. The Balaban J connectivity index is 1.39. The Morgan fingerprint density at radius 3 is 2.67 bits per heavy atom. The van der Waals surface area contributed by atoms with Gasteiger partial charge in [0, 0.05) is 30.6 Å². The summed E-state index contributed by atoms with van der Waals surface area (Å²) in [6.45, 7) is 1.90. The molecule has 0 bridgehead atoms. The van der Waals surface area contributed by atoms with E-state index in [1.807, 2.05) is 42.2 Å². The molecular weight excluding hydrogens is 336 g/mol. The highest BCUT2D eigenvalue weighted by Crippen LogP contribution is 2.24. The van der Waals surface area contributed by atoms with Gasteiger partial charge >= 0.3 is 0 Å². The Hall–Kier alpha value is -2.66. The largest absolute Gasteiger partial charge is 0.352 e. The third-order valence-corrected chi connectivity index (χ3v) is 5.66. The Morgan fingerprint density at radius 1 is 1.15 bits per heavy atom. The third-order valence-electron chi connectivity index (χ3n) is 5.66. The van der Waals surface area contributed by atoms with E-state index in [2.05, 4.69) is 40.6 Å². The van der Waals surface area contributed by atoms with Crippen LogP contribution < -0.4 is 5.32 Å². The topological polar surface area (TPSA) is 50.2 Å². The van der Waals surface area contributed by atoms with Crippen molar-refractivity contribution >= 4 is 16.8 Å². The van der Waals surface area contributed by atoms with Gasteiger partial charge in [-0.25, -0.2) is 0 Å². The quantitative estimate of drug-likeness (QED) is 0.756. The molecule has 1 aromatic heterocycles. The van der Waals surface area contributed by atoms with Crippen molar-refractivity contribution in [1.29, 1.82) is 0 Å². The van der Waals surface area contributed by atoms with Crippen LogP contribution in [0.15, 0.2) is 48.7 Å². The van der Waals surface area contributed by atoms with Crippen molar-refractivity contribution in [3.8, 4) is 11.1 Å². The minimum atomic E-state index is 0.00455. The van der Waals surface area contributed by atoms with Gasteiger partial charge in [0.25, 0.3) is 5.91 Å². The third kappa shape index (κ3) is 3.74. The van der Waals surface area contributed by atoms with Gasteiger partial charge in [-0.15, -0.1) is 0 Å². The predicted octanol–water partition coefficient (Wildman–Crippen LogP) is 3.45. The average molecular weight is 362 g/mol. The Bertz CT molecular complexity index is 945. The van der Waals surface area contributed by atoms with Crippen molar-refractivity contribution in [3.05, 3.63) is 54.2 Å². The summed E-state index contributed by atoms with van der Waals surface area (Å²) in [5.41, 5.74) is 4.06. The van der Waals surface area contributed by atoms with Gasteiger partial charge in [-0.1, -0.05) is 18.2 Å². The Labute approximate surface area is 160 Å². The molecule has 0 aliphatic carbocycles. The van der Waals surface area contributed by atoms with Crippen molar-refractivity contribution in [1.82, 2.24) is 20.0 Å². The van der Waals surface area contributed by atoms with E-state index in [1.54, 1.807) is 0 Å². The van der Waals surface area contributed by atoms with E-state index in [1.165, 1.54) is 19.4 Å². The molecule has 1 N–H and O–H groups in total. The van der Waals surface area contributed by atoms with Gasteiger partial charge in [0.2, 0.25) is 0 Å². The molecule has 5 nitrogen and oxygen atoms in total. The number of fused-ring (bicyclic) bond motifs is 1. The van der Waals surface area contributed by atoms with Crippen LogP contribution in [0.1, 0.15) is 29.6 Å². The molecule has 1 fully saturated rings. The molecule has 2 heterocycles. The molecular formula is C22H26N4O. The number of nitrogens with zero attached hydrogens (tertiary/aromatic N) is 3. The molecule has 1 amide bonds. The maximum atomic E-state index is 12.4. The lowest BCUT2D eigenvalue weighted by molar-refractivity contribution is 0.0950. The van der Waals surface area contributed by atoms with E-state index in [0.717, 1.165) is 35.0 Å². The van der Waals surface area contributed by atoms with Gasteiger partial charge < -0.3 is 10.2 Å². The van der Waals surface area contributed by atoms with Crippen LogP contribution >= 0.6 is 0 Å². The summed E-state index contributed by atoms with van der Waals surface area (Å²) >= 11 is 0. The first-order chi connectivity index (χ1) is 13.1. The van der Waals surface area contributed by atoms with Crippen LogP contribution in [0.4, 0.5) is 0 Å². The summed E-state index contributed by atoms with van der Waals surface area (Å²) < 4.78 is 1.87. The van der Waals surface area contributed by atoms with Crippen LogP contribution in [-0.2, 0) is 7.05 Å². The number of aromatic nitrogens is 2. The fourth-order valence-corrected chi connectivity index (χ4v) is 3.96. The lowest BCUT2D eigenvalue weighted by Gasteiger charge is -2.19. The molecule has 0 saturated carbocycles. The number of likely N-dealkylation sites (tertiary alicyclic amines) is 1. The van der Waals surface area contributed by atoms with Crippen molar-refractivity contribution in [2.45, 2.75) is 25.3 Å². The minimum Gasteiger partial charge on any atom is -0.352 e. The maximum Gasteiger partial charge on any atom is 0.251 e. The number of rotatable bonds is 5. The summed E-state index contributed by atoms with van der Waals surface area (Å²) in [4.78, 5) is 14.8. The van der Waals surface area contributed by atoms with E-state index in [4.69, 9.17) is 0 Å². The molecule has 0 unspecified atom stereocenters. The molecule has 1 saturated heterocycles. The van der Waals surface area contributed by atoms with E-state index in [0.29, 0.717) is 11.6 Å². The SMILES string of the molecule is CN1CCC[C@@H]1CCNC(=O)c1ccc(-c2ccc3c(cnn3C)c2)cc1. The smallest absolute Gasteiger partial charge is 0.251 e. The molecule has 1 aliphatic rings. The van der Waals surface area contributed by atoms with Gasteiger partial charge in [0.1, 0.15) is 0 Å². The Morgan fingerprint density at radius 2 is 1.93 bits per heavy atom. The number of amides is 1. The molecule has 3 aromatic rings. The van der Waals surface area contributed by atoms with Crippen molar-refractivity contribution < 1.29 is 4.79 Å². The molecule has 140 valence electrons. The highest BCUT2D eigenvalue weighted by atomic mass is 16.1. The standard InChI is InChI=1S/C22H26N4O/c1-25-13-3-4-20(25)11-12-23-22(27)17-7-5-16(6-8-17)18-9-10-21-19(14-18)15-24-26(21)2/h5-10,14-15,20H,3-4,11-13H2,1-2H3,(H,23,27)/t20-/m1/s1. The predicted molar refractivity (Wildman–Crippen MR) is 109 cm³/mol. The average Bonchev–Trinajstić information content (AvgIpc) is 3.27. The summed E-state index contributed by atoms with van der Waals surface area (Å²) in [6, 6.07) is 14.7. The molecule has 4 rings (SSSR count). The second-order valence-corrected chi connectivity index (χ2v) is 7.44. The van der Waals surface area contributed by atoms with Crippen molar-refractivity contribution in [3.63, 3.8) is 0 Å². The second kappa shape index (κ2) is 7.53. The molecule has 1 atom stereocenters. The zero-order valence-corrected chi connectivity index (χ0v) is 16.0. The van der Waals surface area contributed by atoms with Crippen molar-refractivity contribution in [2.24, 2.45) is 7.05 Å². The molecule has 27 heavy (non-hydrogen) atoms. The van der Waals surface area contributed by atoms with Gasteiger partial charge in [0.15, 0.2) is 0 Å². The summed E-state index contributed by atoms with van der Waals surface area (Å²) in [6.07, 6.45) is 5.40. The van der Waals surface area contributed by atoms with Gasteiger partial charge in [-0.05, 0) is 68.2 Å². The molecule has 0 spiro atoms. The fourth-order valence-electron chi connectivity index (χ4n) is 3.96. The number of hydrogen-bond acceptors (Lipinski definition) is 3. The van der Waals surface area contributed by atoms with Crippen LogP contribution in [0, 0.1) is 0 Å². The monoisotopic (exact) mass is 362 g/mol. The molecule has 0 radical (unpaired) electrons. The second-order valence-electron chi connectivity index (χ2n) is 7.44. The minimum absolute atomic E-state index is 0.00455. The summed E-state index contributed by atoms with van der Waals surface area (Å²) in [5.74, 6) is 0.00455. The van der Waals surface area contributed by atoms with Crippen LogP contribution in [-0.4, -0.2) is 46.8 Å². The first kappa shape index (κ1) is 17.7. The lowest BCUT2D eigenvalue weighted by atomic mass is 10.0. The normalized spacial score (nSPS) is 17.5. The number of benzene rings is 2. The number of carbonyl (C=O) groups excluding carboxylic acids is 1. The van der Waals surface area contributed by atoms with E-state index in [-0.39, 0.29) is 5.91 Å². The first-order valence-electron chi connectivity index (χ1n) is 9.62. The zero-order chi connectivity index (χ0) is 18.8. The molecule has 2 aromatic carbocycles. The van der Waals surface area contributed by atoms with Crippen LogP contribution in [0.2, 0.25) is 0 Å². The van der Waals surface area contributed by atoms with Crippen molar-refractivity contribution in [2.75, 3.05) is 20.1 Å². The number of aryl methyl sites for hydroxylation is 1. The molecule has 5 heteroatoms. The number of carbonyl (C=O) groups is 1. The van der Waals surface area contributed by atoms with Gasteiger partial charge in [-0.3, -0.25) is 9.48 Å². The van der Waals surface area contributed by atoms with Crippen LogP contribution in [0.25, 0.3) is 22.0 Å². The van der Waals surface area contributed by atoms with Gasteiger partial charge in [0.05, 0.1) is 11.7 Å². The zero-order valence-electron chi connectivity index (χ0n) is 16.0. The van der Waals surface area contributed by atoms with Gasteiger partial charge in [-0.2, -0.15) is 5.10 Å². The highest BCUT2D eigenvalue weighted by molar-refractivity contribution is 5.94. The van der Waals surface area contributed by atoms with E-state index < -0.39 is 0 Å². The number of nitrogens with one attached hydrogen (secondary N) is 1. The maximum absolute atomic E-state index is 12.4.